The van der Waals surface area contributed by atoms with Crippen molar-refractivity contribution in [2.45, 2.75) is 26.9 Å². The summed E-state index contributed by atoms with van der Waals surface area (Å²) in [5.41, 5.74) is 8.26. The van der Waals surface area contributed by atoms with Gasteiger partial charge in [-0.05, 0) is 32.0 Å². The minimum Gasteiger partial charge on any atom is -0.396 e. The van der Waals surface area contributed by atoms with Gasteiger partial charge in [0.2, 0.25) is 5.91 Å². The number of benzene rings is 1. The Morgan fingerprint density at radius 3 is 2.81 bits per heavy atom. The van der Waals surface area contributed by atoms with E-state index in [1.165, 1.54) is 10.7 Å². The summed E-state index contributed by atoms with van der Waals surface area (Å²) in [6.07, 6.45) is 0. The average molecular weight is 355 g/mol. The van der Waals surface area contributed by atoms with E-state index in [4.69, 9.17) is 5.73 Å². The van der Waals surface area contributed by atoms with Crippen LogP contribution in [0.4, 0.5) is 10.1 Å². The van der Waals surface area contributed by atoms with Gasteiger partial charge < -0.3 is 11.1 Å². The molecule has 5 nitrogen and oxygen atoms in total. The van der Waals surface area contributed by atoms with Gasteiger partial charge in [0.25, 0.3) is 0 Å². The molecule has 1 aromatic carbocycles. The molecule has 0 bridgehead atoms. The first-order chi connectivity index (χ1) is 9.88. The van der Waals surface area contributed by atoms with Crippen LogP contribution in [0.25, 0.3) is 0 Å². The first-order valence-electron chi connectivity index (χ1n) is 6.38. The van der Waals surface area contributed by atoms with E-state index in [0.29, 0.717) is 16.9 Å². The molecule has 0 radical (unpaired) electrons. The molecular weight excluding hydrogens is 339 g/mol. The fourth-order valence-corrected chi connectivity index (χ4v) is 2.34. The van der Waals surface area contributed by atoms with Gasteiger partial charge in [0.15, 0.2) is 0 Å². The number of hydrogen-bond donors (Lipinski definition) is 2. The lowest BCUT2D eigenvalue weighted by Gasteiger charge is -2.08. The van der Waals surface area contributed by atoms with E-state index in [-0.39, 0.29) is 24.8 Å². The average Bonchev–Trinajstić information content (AvgIpc) is 2.67. The van der Waals surface area contributed by atoms with Crippen LogP contribution in [0, 0.1) is 19.7 Å². The molecule has 0 aliphatic heterocycles. The predicted octanol–water partition coefficient (Wildman–Crippen LogP) is 2.30. The van der Waals surface area contributed by atoms with Crippen molar-refractivity contribution in [1.82, 2.24) is 15.1 Å². The highest BCUT2D eigenvalue weighted by Crippen LogP contribution is 2.16. The van der Waals surface area contributed by atoms with E-state index < -0.39 is 0 Å². The number of carbonyl (C=O) groups excluding carboxylic acids is 1. The van der Waals surface area contributed by atoms with Crippen LogP contribution in [0.5, 0.6) is 0 Å². The quantitative estimate of drug-likeness (QED) is 0.884. The Balaban J connectivity index is 1.99. The van der Waals surface area contributed by atoms with Crippen molar-refractivity contribution in [2.24, 2.45) is 0 Å². The maximum absolute atomic E-state index is 13.6. The highest BCUT2D eigenvalue weighted by atomic mass is 79.9. The molecule has 1 heterocycles. The van der Waals surface area contributed by atoms with E-state index >= 15 is 0 Å². The van der Waals surface area contributed by atoms with Crippen molar-refractivity contribution in [1.29, 1.82) is 0 Å². The van der Waals surface area contributed by atoms with Gasteiger partial charge in [0, 0.05) is 16.6 Å². The van der Waals surface area contributed by atoms with Crippen LogP contribution in [-0.4, -0.2) is 15.7 Å². The molecule has 0 saturated heterocycles. The monoisotopic (exact) mass is 354 g/mol. The summed E-state index contributed by atoms with van der Waals surface area (Å²) in [5.74, 6) is -0.603. The predicted molar refractivity (Wildman–Crippen MR) is 82.1 cm³/mol. The molecule has 2 aromatic rings. The molecule has 0 unspecified atom stereocenters. The Morgan fingerprint density at radius 1 is 1.48 bits per heavy atom. The number of anilines is 1. The Bertz CT molecular complexity index is 684. The van der Waals surface area contributed by atoms with Crippen LogP contribution in [0.2, 0.25) is 0 Å². The molecular formula is C14H16BrFN4O. The van der Waals surface area contributed by atoms with E-state index in [1.54, 1.807) is 26.0 Å². The SMILES string of the molecule is Cc1nn(CC(=O)NCc2cc(Br)ccc2F)c(C)c1N. The summed E-state index contributed by atoms with van der Waals surface area (Å²) < 4.78 is 15.9. The van der Waals surface area contributed by atoms with E-state index in [9.17, 15) is 9.18 Å². The zero-order valence-corrected chi connectivity index (χ0v) is 13.4. The van der Waals surface area contributed by atoms with E-state index in [1.807, 2.05) is 0 Å². The van der Waals surface area contributed by atoms with Crippen LogP contribution in [0.3, 0.4) is 0 Å². The number of hydrogen-bond acceptors (Lipinski definition) is 3. The number of aryl methyl sites for hydroxylation is 1. The van der Waals surface area contributed by atoms with Crippen LogP contribution in [-0.2, 0) is 17.9 Å². The van der Waals surface area contributed by atoms with E-state index in [2.05, 4.69) is 26.3 Å². The van der Waals surface area contributed by atoms with Crippen molar-refractivity contribution in [2.75, 3.05) is 5.73 Å². The second-order valence-corrected chi connectivity index (χ2v) is 5.67. The zero-order valence-electron chi connectivity index (χ0n) is 11.8. The van der Waals surface area contributed by atoms with Gasteiger partial charge in [-0.2, -0.15) is 5.10 Å². The van der Waals surface area contributed by atoms with E-state index in [0.717, 1.165) is 10.2 Å². The lowest BCUT2D eigenvalue weighted by Crippen LogP contribution is -2.28. The highest BCUT2D eigenvalue weighted by molar-refractivity contribution is 9.10. The molecule has 21 heavy (non-hydrogen) atoms. The van der Waals surface area contributed by atoms with Crippen LogP contribution in [0.15, 0.2) is 22.7 Å². The molecule has 112 valence electrons. The molecule has 3 N–H and O–H groups in total. The summed E-state index contributed by atoms with van der Waals surface area (Å²) in [7, 11) is 0. The minimum absolute atomic E-state index is 0.0551. The van der Waals surface area contributed by atoms with Gasteiger partial charge in [-0.25, -0.2) is 4.39 Å². The van der Waals surface area contributed by atoms with Crippen molar-refractivity contribution < 1.29 is 9.18 Å². The summed E-state index contributed by atoms with van der Waals surface area (Å²) in [6.45, 7) is 3.77. The second-order valence-electron chi connectivity index (χ2n) is 4.75. The van der Waals surface area contributed by atoms with Crippen LogP contribution < -0.4 is 11.1 Å². The number of amides is 1. The maximum Gasteiger partial charge on any atom is 0.242 e. The molecule has 0 atom stereocenters. The topological polar surface area (TPSA) is 72.9 Å². The van der Waals surface area contributed by atoms with Gasteiger partial charge in [-0.1, -0.05) is 15.9 Å². The molecule has 2 rings (SSSR count). The standard InChI is InChI=1S/C14H16BrFN4O/c1-8-14(17)9(2)20(19-8)7-13(21)18-6-10-5-11(15)3-4-12(10)16/h3-5H,6-7,17H2,1-2H3,(H,18,21). The third kappa shape index (κ3) is 3.60. The smallest absolute Gasteiger partial charge is 0.242 e. The Labute approximate surface area is 130 Å². The van der Waals surface area contributed by atoms with Gasteiger partial charge in [0.05, 0.1) is 17.1 Å². The normalized spacial score (nSPS) is 10.7. The fourth-order valence-electron chi connectivity index (χ4n) is 1.93. The van der Waals surface area contributed by atoms with Crippen LogP contribution in [0.1, 0.15) is 17.0 Å². The number of carbonyl (C=O) groups is 1. The van der Waals surface area contributed by atoms with Gasteiger partial charge in [-0.3, -0.25) is 9.48 Å². The third-order valence-corrected chi connectivity index (χ3v) is 3.71. The lowest BCUT2D eigenvalue weighted by atomic mass is 10.2. The highest BCUT2D eigenvalue weighted by Gasteiger charge is 2.12. The van der Waals surface area contributed by atoms with Crippen molar-refractivity contribution in [3.8, 4) is 0 Å². The Morgan fingerprint density at radius 2 is 2.19 bits per heavy atom. The zero-order chi connectivity index (χ0) is 15.6. The number of nitrogens with two attached hydrogens (primary N) is 1. The van der Waals surface area contributed by atoms with Gasteiger partial charge in [-0.15, -0.1) is 0 Å². The molecule has 1 amide bonds. The molecule has 0 spiro atoms. The number of aromatic nitrogens is 2. The summed E-state index contributed by atoms with van der Waals surface area (Å²) in [6, 6.07) is 4.60. The molecule has 7 heteroatoms. The second kappa shape index (κ2) is 6.26. The molecule has 0 fully saturated rings. The summed E-state index contributed by atoms with van der Waals surface area (Å²) >= 11 is 3.27. The molecule has 0 aliphatic carbocycles. The first-order valence-corrected chi connectivity index (χ1v) is 7.18. The van der Waals surface area contributed by atoms with Gasteiger partial charge >= 0.3 is 0 Å². The van der Waals surface area contributed by atoms with Crippen molar-refractivity contribution in [3.63, 3.8) is 0 Å². The fraction of sp³-hybridized carbons (Fsp3) is 0.286. The number of rotatable bonds is 4. The maximum atomic E-state index is 13.6. The third-order valence-electron chi connectivity index (χ3n) is 3.21. The van der Waals surface area contributed by atoms with Crippen molar-refractivity contribution in [3.05, 3.63) is 45.4 Å². The number of nitrogens with one attached hydrogen (secondary N) is 1. The number of nitrogens with zero attached hydrogens (tertiary/aromatic N) is 2. The largest absolute Gasteiger partial charge is 0.396 e. The lowest BCUT2D eigenvalue weighted by molar-refractivity contribution is -0.122. The molecule has 0 aliphatic rings. The first kappa shape index (κ1) is 15.5. The summed E-state index contributed by atoms with van der Waals surface area (Å²) in [4.78, 5) is 11.9. The molecule has 1 aromatic heterocycles. The minimum atomic E-state index is -0.353. The Kier molecular flexibility index (Phi) is 4.62. The molecule has 0 saturated carbocycles. The summed E-state index contributed by atoms with van der Waals surface area (Å²) in [5, 5.41) is 6.86. The number of halogens is 2. The van der Waals surface area contributed by atoms with Crippen LogP contribution >= 0.6 is 15.9 Å². The van der Waals surface area contributed by atoms with Crippen molar-refractivity contribution >= 4 is 27.5 Å². The van der Waals surface area contributed by atoms with Gasteiger partial charge in [0.1, 0.15) is 12.4 Å². The number of nitrogen functional groups attached to an aromatic ring is 1. The Hall–Kier alpha value is -1.89.